The van der Waals surface area contributed by atoms with Crippen LogP contribution in [0.5, 0.6) is 0 Å². The van der Waals surface area contributed by atoms with Crippen molar-refractivity contribution in [1.82, 2.24) is 10.3 Å². The molecule has 8 heteroatoms. The molecular formula is C23H26Cl2N4OS. The molecule has 1 aliphatic carbocycles. The van der Waals surface area contributed by atoms with Crippen LogP contribution in [-0.4, -0.2) is 37.6 Å². The van der Waals surface area contributed by atoms with Crippen LogP contribution in [0.1, 0.15) is 36.0 Å². The Labute approximate surface area is 196 Å². The predicted octanol–water partition coefficient (Wildman–Crippen LogP) is 6.07. The van der Waals surface area contributed by atoms with Crippen molar-refractivity contribution in [3.05, 3.63) is 50.6 Å². The van der Waals surface area contributed by atoms with Crippen molar-refractivity contribution < 1.29 is 4.79 Å². The van der Waals surface area contributed by atoms with Crippen molar-refractivity contribution in [3.63, 3.8) is 0 Å². The van der Waals surface area contributed by atoms with Gasteiger partial charge in [-0.3, -0.25) is 4.79 Å². The van der Waals surface area contributed by atoms with Gasteiger partial charge in [0.15, 0.2) is 0 Å². The van der Waals surface area contributed by atoms with E-state index < -0.39 is 0 Å². The summed E-state index contributed by atoms with van der Waals surface area (Å²) in [5.41, 5.74) is 2.63. The zero-order chi connectivity index (χ0) is 22.0. The fourth-order valence-corrected chi connectivity index (χ4v) is 5.61. The van der Waals surface area contributed by atoms with Crippen molar-refractivity contribution in [2.45, 2.75) is 31.7 Å². The Morgan fingerprint density at radius 2 is 1.90 bits per heavy atom. The summed E-state index contributed by atoms with van der Waals surface area (Å²) in [7, 11) is 4.12. The van der Waals surface area contributed by atoms with Crippen LogP contribution >= 0.6 is 34.5 Å². The Morgan fingerprint density at radius 1 is 1.16 bits per heavy atom. The summed E-state index contributed by atoms with van der Waals surface area (Å²) >= 11 is 13.2. The standard InChI is InChI=1S/C23H26Cl2N4OS/c1-29(2)19-12-21(28-18-6-4-3-5-16(18)19)27-15-9-7-14(8-10-15)13-26-23(30)17-11-20(24)31-22(17)25/h3-6,11-12,14-15H,7-10,13H2,1-2H3,(H,26,30)(H,27,28)/t14-,15+. The number of rotatable bonds is 6. The van der Waals surface area contributed by atoms with Crippen LogP contribution in [0, 0.1) is 5.92 Å². The van der Waals surface area contributed by atoms with Crippen LogP contribution in [0.3, 0.4) is 0 Å². The number of nitrogens with one attached hydrogen (secondary N) is 2. The van der Waals surface area contributed by atoms with Gasteiger partial charge in [0.05, 0.1) is 15.4 Å². The summed E-state index contributed by atoms with van der Waals surface area (Å²) in [4.78, 5) is 19.3. The molecule has 1 saturated carbocycles. The average Bonchev–Trinajstić information content (AvgIpc) is 3.10. The Bertz CT molecular complexity index is 1080. The van der Waals surface area contributed by atoms with Gasteiger partial charge in [-0.15, -0.1) is 11.3 Å². The first-order chi connectivity index (χ1) is 14.9. The second kappa shape index (κ2) is 9.63. The van der Waals surface area contributed by atoms with Gasteiger partial charge < -0.3 is 15.5 Å². The molecule has 0 unspecified atom stereocenters. The first kappa shape index (κ1) is 22.2. The third-order valence-electron chi connectivity index (χ3n) is 5.83. The minimum absolute atomic E-state index is 0.148. The van der Waals surface area contributed by atoms with Crippen molar-refractivity contribution in [2.75, 3.05) is 30.9 Å². The Balaban J connectivity index is 1.32. The van der Waals surface area contributed by atoms with Gasteiger partial charge in [-0.25, -0.2) is 4.98 Å². The number of carbonyl (C=O) groups excluding carboxylic acids is 1. The molecule has 3 aromatic rings. The highest BCUT2D eigenvalue weighted by Gasteiger charge is 2.23. The molecule has 1 amide bonds. The van der Waals surface area contributed by atoms with Crippen LogP contribution in [0.15, 0.2) is 36.4 Å². The average molecular weight is 477 g/mol. The third-order valence-corrected chi connectivity index (χ3v) is 7.32. The van der Waals surface area contributed by atoms with Gasteiger partial charge in [0.25, 0.3) is 5.91 Å². The zero-order valence-corrected chi connectivity index (χ0v) is 19.9. The molecule has 1 aromatic carbocycles. The van der Waals surface area contributed by atoms with E-state index in [-0.39, 0.29) is 5.91 Å². The number of amides is 1. The number of carbonyl (C=O) groups is 1. The van der Waals surface area contributed by atoms with Gasteiger partial charge in [0.1, 0.15) is 10.2 Å². The molecule has 164 valence electrons. The van der Waals surface area contributed by atoms with Gasteiger partial charge in [-0.05, 0) is 43.7 Å². The van der Waals surface area contributed by atoms with E-state index in [4.69, 9.17) is 28.2 Å². The summed E-state index contributed by atoms with van der Waals surface area (Å²) in [6.07, 6.45) is 4.23. The van der Waals surface area contributed by atoms with Crippen LogP contribution in [0.25, 0.3) is 10.9 Å². The lowest BCUT2D eigenvalue weighted by Gasteiger charge is -2.30. The number of halogens is 2. The smallest absolute Gasteiger partial charge is 0.253 e. The normalized spacial score (nSPS) is 18.7. The van der Waals surface area contributed by atoms with Gasteiger partial charge in [-0.1, -0.05) is 41.4 Å². The summed E-state index contributed by atoms with van der Waals surface area (Å²) in [6.45, 7) is 0.661. The Kier molecular flexibility index (Phi) is 6.89. The van der Waals surface area contributed by atoms with Crippen molar-refractivity contribution in [1.29, 1.82) is 0 Å². The number of thiophene rings is 1. The summed E-state index contributed by atoms with van der Waals surface area (Å²) in [5, 5.41) is 7.80. The van der Waals surface area contributed by atoms with Gasteiger partial charge >= 0.3 is 0 Å². The van der Waals surface area contributed by atoms with E-state index in [0.717, 1.165) is 48.1 Å². The maximum Gasteiger partial charge on any atom is 0.253 e. The molecule has 0 saturated heterocycles. The second-order valence-corrected chi connectivity index (χ2v) is 10.5. The van der Waals surface area contributed by atoms with Crippen LogP contribution in [-0.2, 0) is 0 Å². The lowest BCUT2D eigenvalue weighted by molar-refractivity contribution is 0.0944. The van der Waals surface area contributed by atoms with E-state index in [1.54, 1.807) is 6.07 Å². The molecule has 0 atom stereocenters. The second-order valence-electron chi connectivity index (χ2n) is 8.25. The summed E-state index contributed by atoms with van der Waals surface area (Å²) in [6, 6.07) is 12.4. The highest BCUT2D eigenvalue weighted by molar-refractivity contribution is 7.20. The first-order valence-corrected chi connectivity index (χ1v) is 12.0. The molecular weight excluding hydrogens is 451 g/mol. The van der Waals surface area contributed by atoms with E-state index in [9.17, 15) is 4.79 Å². The monoisotopic (exact) mass is 476 g/mol. The molecule has 2 N–H and O–H groups in total. The maximum absolute atomic E-state index is 12.3. The molecule has 0 radical (unpaired) electrons. The fraction of sp³-hybridized carbons (Fsp3) is 0.391. The molecule has 0 spiro atoms. The van der Waals surface area contributed by atoms with E-state index in [2.05, 4.69) is 47.8 Å². The largest absolute Gasteiger partial charge is 0.377 e. The number of nitrogens with zero attached hydrogens (tertiary/aromatic N) is 2. The number of benzene rings is 1. The molecule has 0 aliphatic heterocycles. The number of anilines is 2. The molecule has 1 fully saturated rings. The maximum atomic E-state index is 12.3. The number of hydrogen-bond acceptors (Lipinski definition) is 5. The lowest BCUT2D eigenvalue weighted by Crippen LogP contribution is -2.34. The topological polar surface area (TPSA) is 57.3 Å². The third kappa shape index (κ3) is 5.25. The van der Waals surface area contributed by atoms with Crippen LogP contribution < -0.4 is 15.5 Å². The Hall–Kier alpha value is -2.02. The fourth-order valence-electron chi connectivity index (χ4n) is 4.15. The van der Waals surface area contributed by atoms with Crippen molar-refractivity contribution >= 4 is 62.9 Å². The number of para-hydroxylation sites is 1. The molecule has 4 rings (SSSR count). The number of pyridine rings is 1. The van der Waals surface area contributed by atoms with E-state index in [0.29, 0.717) is 32.7 Å². The highest BCUT2D eigenvalue weighted by Crippen LogP contribution is 2.32. The van der Waals surface area contributed by atoms with Gasteiger partial charge in [0, 0.05) is 43.8 Å². The van der Waals surface area contributed by atoms with Crippen LogP contribution in [0.2, 0.25) is 8.67 Å². The number of fused-ring (bicyclic) bond motifs is 1. The molecule has 2 heterocycles. The molecule has 2 aromatic heterocycles. The Morgan fingerprint density at radius 3 is 2.58 bits per heavy atom. The minimum atomic E-state index is -0.148. The molecule has 31 heavy (non-hydrogen) atoms. The highest BCUT2D eigenvalue weighted by atomic mass is 35.5. The molecule has 0 bridgehead atoms. The van der Waals surface area contributed by atoms with Crippen molar-refractivity contribution in [2.24, 2.45) is 5.92 Å². The molecule has 5 nitrogen and oxygen atoms in total. The minimum Gasteiger partial charge on any atom is -0.377 e. The van der Waals surface area contributed by atoms with E-state index >= 15 is 0 Å². The van der Waals surface area contributed by atoms with Crippen LogP contribution in [0.4, 0.5) is 11.5 Å². The predicted molar refractivity (Wildman–Crippen MR) is 132 cm³/mol. The summed E-state index contributed by atoms with van der Waals surface area (Å²) < 4.78 is 0.969. The molecule has 1 aliphatic rings. The van der Waals surface area contributed by atoms with Gasteiger partial charge in [0.2, 0.25) is 0 Å². The van der Waals surface area contributed by atoms with Crippen molar-refractivity contribution in [3.8, 4) is 0 Å². The zero-order valence-electron chi connectivity index (χ0n) is 17.6. The van der Waals surface area contributed by atoms with E-state index in [1.165, 1.54) is 11.3 Å². The number of hydrogen-bond donors (Lipinski definition) is 2. The van der Waals surface area contributed by atoms with Gasteiger partial charge in [-0.2, -0.15) is 0 Å². The lowest BCUT2D eigenvalue weighted by atomic mass is 9.86. The van der Waals surface area contributed by atoms with E-state index in [1.807, 2.05) is 12.1 Å². The number of aromatic nitrogens is 1. The SMILES string of the molecule is CN(C)c1cc(N[C@H]2CC[C@@H](CNC(=O)c3cc(Cl)sc3Cl)CC2)nc2ccccc12. The first-order valence-electron chi connectivity index (χ1n) is 10.5. The quantitative estimate of drug-likeness (QED) is 0.453. The summed E-state index contributed by atoms with van der Waals surface area (Å²) in [5.74, 6) is 1.24.